The summed E-state index contributed by atoms with van der Waals surface area (Å²) >= 11 is 3.06. The number of thioether (sulfide) groups is 1. The Morgan fingerprint density at radius 2 is 2.16 bits per heavy atom. The maximum Gasteiger partial charge on any atom is 0.174 e. The van der Waals surface area contributed by atoms with Crippen molar-refractivity contribution in [1.82, 2.24) is 4.90 Å². The van der Waals surface area contributed by atoms with Crippen molar-refractivity contribution in [2.75, 3.05) is 37.9 Å². The fourth-order valence-corrected chi connectivity index (χ4v) is 3.59. The number of Topliss-reactive ketones (excluding diaryl/α,β-unsaturated/α-hetero) is 1. The molecule has 1 aromatic rings. The van der Waals surface area contributed by atoms with Gasteiger partial charge in [0.15, 0.2) is 5.78 Å². The van der Waals surface area contributed by atoms with Crippen molar-refractivity contribution >= 4 is 39.6 Å². The number of nitrogens with one attached hydrogen (secondary N) is 1. The van der Waals surface area contributed by atoms with Gasteiger partial charge < -0.3 is 16.0 Å². The van der Waals surface area contributed by atoms with E-state index in [0.29, 0.717) is 23.0 Å². The molecule has 1 rings (SSSR count). The van der Waals surface area contributed by atoms with Crippen LogP contribution in [0.4, 0.5) is 10.7 Å². The predicted molar refractivity (Wildman–Crippen MR) is 86.8 cm³/mol. The molecule has 0 aliphatic heterocycles. The molecule has 0 bridgehead atoms. The molecular formula is C13H23N3OS2. The average Bonchev–Trinajstić information content (AvgIpc) is 2.71. The standard InChI is InChI=1S/C13H23N3OS2/c1-6-9(17)11-10(14)12(18-5)13(19-11)15-7-8(2)16(3)4/h8,15H,6-7,14H2,1-5H3. The molecule has 108 valence electrons. The largest absolute Gasteiger partial charge is 0.396 e. The summed E-state index contributed by atoms with van der Waals surface area (Å²) in [5.74, 6) is 0.117. The third kappa shape index (κ3) is 3.87. The van der Waals surface area contributed by atoms with Gasteiger partial charge in [-0.2, -0.15) is 0 Å². The Morgan fingerprint density at radius 1 is 1.53 bits per heavy atom. The van der Waals surface area contributed by atoms with Crippen LogP contribution in [0.25, 0.3) is 0 Å². The number of likely N-dealkylation sites (N-methyl/N-ethyl adjacent to an activating group) is 1. The smallest absolute Gasteiger partial charge is 0.174 e. The molecule has 0 radical (unpaired) electrons. The van der Waals surface area contributed by atoms with Crippen LogP contribution in [0.2, 0.25) is 0 Å². The second kappa shape index (κ2) is 7.17. The highest BCUT2D eigenvalue weighted by Crippen LogP contribution is 2.42. The molecule has 1 aromatic heterocycles. The first-order chi connectivity index (χ1) is 8.92. The van der Waals surface area contributed by atoms with Crippen LogP contribution in [0.3, 0.4) is 0 Å². The van der Waals surface area contributed by atoms with Gasteiger partial charge in [-0.3, -0.25) is 4.79 Å². The molecule has 1 atom stereocenters. The summed E-state index contributed by atoms with van der Waals surface area (Å²) in [6, 6.07) is 0.420. The Hall–Kier alpha value is -0.720. The number of hydrogen-bond donors (Lipinski definition) is 2. The average molecular weight is 301 g/mol. The molecule has 0 saturated carbocycles. The van der Waals surface area contributed by atoms with Crippen LogP contribution in [0.15, 0.2) is 4.90 Å². The van der Waals surface area contributed by atoms with Crippen LogP contribution in [-0.2, 0) is 0 Å². The van der Waals surface area contributed by atoms with Crippen molar-refractivity contribution in [3.05, 3.63) is 4.88 Å². The molecule has 0 spiro atoms. The maximum absolute atomic E-state index is 11.8. The molecule has 0 amide bonds. The maximum atomic E-state index is 11.8. The van der Waals surface area contributed by atoms with E-state index in [9.17, 15) is 4.79 Å². The first-order valence-corrected chi connectivity index (χ1v) is 8.36. The van der Waals surface area contributed by atoms with Gasteiger partial charge >= 0.3 is 0 Å². The Kier molecular flexibility index (Phi) is 6.16. The van der Waals surface area contributed by atoms with E-state index in [2.05, 4.69) is 31.2 Å². The van der Waals surface area contributed by atoms with Crippen LogP contribution < -0.4 is 11.1 Å². The lowest BCUT2D eigenvalue weighted by Gasteiger charge is -2.20. The van der Waals surface area contributed by atoms with Crippen molar-refractivity contribution in [3.8, 4) is 0 Å². The predicted octanol–water partition coefficient (Wildman–Crippen LogP) is 3.01. The summed E-state index contributed by atoms with van der Waals surface area (Å²) in [5, 5.41) is 4.42. The van der Waals surface area contributed by atoms with Gasteiger partial charge in [-0.15, -0.1) is 23.1 Å². The highest BCUT2D eigenvalue weighted by molar-refractivity contribution is 7.99. The number of nitrogen functional groups attached to an aromatic ring is 1. The van der Waals surface area contributed by atoms with Gasteiger partial charge in [0.05, 0.1) is 15.5 Å². The quantitative estimate of drug-likeness (QED) is 0.599. The number of carbonyl (C=O) groups excluding carboxylic acids is 1. The molecule has 3 N–H and O–H groups in total. The Labute approximate surface area is 123 Å². The molecule has 0 aromatic carbocycles. The van der Waals surface area contributed by atoms with Gasteiger partial charge in [0.1, 0.15) is 5.00 Å². The van der Waals surface area contributed by atoms with E-state index >= 15 is 0 Å². The minimum absolute atomic E-state index is 0.117. The van der Waals surface area contributed by atoms with Crippen molar-refractivity contribution in [3.63, 3.8) is 0 Å². The summed E-state index contributed by atoms with van der Waals surface area (Å²) in [5.41, 5.74) is 6.70. The van der Waals surface area contributed by atoms with E-state index < -0.39 is 0 Å². The number of rotatable bonds is 7. The van der Waals surface area contributed by atoms with E-state index in [0.717, 1.165) is 16.4 Å². The van der Waals surface area contributed by atoms with Crippen LogP contribution in [0.5, 0.6) is 0 Å². The number of hydrogen-bond acceptors (Lipinski definition) is 6. The number of thiophene rings is 1. The normalized spacial score (nSPS) is 12.7. The summed E-state index contributed by atoms with van der Waals surface area (Å²) in [7, 11) is 4.10. The number of nitrogens with two attached hydrogens (primary N) is 1. The van der Waals surface area contributed by atoms with Gasteiger partial charge in [0.2, 0.25) is 0 Å². The first kappa shape index (κ1) is 16.3. The minimum Gasteiger partial charge on any atom is -0.396 e. The van der Waals surface area contributed by atoms with Crippen molar-refractivity contribution in [2.45, 2.75) is 31.2 Å². The van der Waals surface area contributed by atoms with Crippen LogP contribution in [-0.4, -0.2) is 43.6 Å². The van der Waals surface area contributed by atoms with E-state index in [4.69, 9.17) is 5.73 Å². The van der Waals surface area contributed by atoms with Crippen LogP contribution in [0.1, 0.15) is 29.9 Å². The molecule has 0 aliphatic rings. The SMILES string of the molecule is CCC(=O)c1sc(NCC(C)N(C)C)c(SC)c1N. The lowest BCUT2D eigenvalue weighted by Crippen LogP contribution is -2.31. The number of anilines is 2. The zero-order chi connectivity index (χ0) is 14.6. The third-order valence-corrected chi connectivity index (χ3v) is 5.28. The van der Waals surface area contributed by atoms with Crippen LogP contribution in [0, 0.1) is 0 Å². The van der Waals surface area contributed by atoms with Crippen LogP contribution >= 0.6 is 23.1 Å². The second-order valence-corrected chi connectivity index (χ2v) is 6.51. The van der Waals surface area contributed by atoms with Crippen molar-refractivity contribution < 1.29 is 4.79 Å². The lowest BCUT2D eigenvalue weighted by atomic mass is 10.2. The molecule has 4 nitrogen and oxygen atoms in total. The zero-order valence-corrected chi connectivity index (χ0v) is 13.9. The van der Waals surface area contributed by atoms with E-state index in [1.807, 2.05) is 13.2 Å². The van der Waals surface area contributed by atoms with E-state index in [1.54, 1.807) is 11.8 Å². The molecule has 19 heavy (non-hydrogen) atoms. The Bertz CT molecular complexity index is 443. The summed E-state index contributed by atoms with van der Waals surface area (Å²) in [6.45, 7) is 4.85. The summed E-state index contributed by atoms with van der Waals surface area (Å²) < 4.78 is 0. The number of nitrogens with zero attached hydrogens (tertiary/aromatic N) is 1. The van der Waals surface area contributed by atoms with Gasteiger partial charge in [0.25, 0.3) is 0 Å². The lowest BCUT2D eigenvalue weighted by molar-refractivity contribution is 0.0992. The fourth-order valence-electron chi connectivity index (χ4n) is 1.54. The highest BCUT2D eigenvalue weighted by Gasteiger charge is 2.19. The fraction of sp³-hybridized carbons (Fsp3) is 0.615. The molecular weight excluding hydrogens is 278 g/mol. The highest BCUT2D eigenvalue weighted by atomic mass is 32.2. The summed E-state index contributed by atoms with van der Waals surface area (Å²) in [4.78, 5) is 15.7. The topological polar surface area (TPSA) is 58.4 Å². The van der Waals surface area contributed by atoms with Gasteiger partial charge in [-0.05, 0) is 27.3 Å². The van der Waals surface area contributed by atoms with Gasteiger partial charge in [0, 0.05) is 19.0 Å². The second-order valence-electron chi connectivity index (χ2n) is 4.68. The molecule has 0 saturated heterocycles. The molecule has 1 heterocycles. The van der Waals surface area contributed by atoms with E-state index in [1.165, 1.54) is 11.3 Å². The third-order valence-electron chi connectivity index (χ3n) is 3.12. The minimum atomic E-state index is 0.117. The van der Waals surface area contributed by atoms with E-state index in [-0.39, 0.29) is 5.78 Å². The first-order valence-electron chi connectivity index (χ1n) is 6.32. The van der Waals surface area contributed by atoms with Crippen molar-refractivity contribution in [1.29, 1.82) is 0 Å². The van der Waals surface area contributed by atoms with Gasteiger partial charge in [-0.1, -0.05) is 6.92 Å². The number of carbonyl (C=O) groups is 1. The zero-order valence-electron chi connectivity index (χ0n) is 12.2. The van der Waals surface area contributed by atoms with Gasteiger partial charge in [-0.25, -0.2) is 0 Å². The van der Waals surface area contributed by atoms with Crippen molar-refractivity contribution in [2.24, 2.45) is 0 Å². The molecule has 0 fully saturated rings. The monoisotopic (exact) mass is 301 g/mol. The number of ketones is 1. The Balaban J connectivity index is 2.91. The molecule has 1 unspecified atom stereocenters. The molecule has 0 aliphatic carbocycles. The Morgan fingerprint density at radius 3 is 2.63 bits per heavy atom. The molecule has 6 heteroatoms. The summed E-state index contributed by atoms with van der Waals surface area (Å²) in [6.07, 6.45) is 2.48.